The molecule has 0 N–H and O–H groups in total. The summed E-state index contributed by atoms with van der Waals surface area (Å²) in [7, 11) is 0. The van der Waals surface area contributed by atoms with E-state index in [1.54, 1.807) is 12.1 Å². The minimum atomic E-state index is -0.427. The number of Topliss-reactive ketones (excluding diaryl/α,β-unsaturated/α-hetero) is 1. The van der Waals surface area contributed by atoms with Crippen molar-refractivity contribution in [2.75, 3.05) is 0 Å². The lowest BCUT2D eigenvalue weighted by Crippen LogP contribution is -2.12. The first-order valence-corrected chi connectivity index (χ1v) is 7.89. The van der Waals surface area contributed by atoms with Crippen molar-refractivity contribution < 1.29 is 9.72 Å². The number of nitrogens with zero attached hydrogens (tertiary/aromatic N) is 1. The van der Waals surface area contributed by atoms with E-state index in [1.807, 2.05) is 42.5 Å². The highest BCUT2D eigenvalue weighted by atomic mass is 16.6. The molecular formula is C20H17NO3. The third kappa shape index (κ3) is 3.66. The van der Waals surface area contributed by atoms with Crippen molar-refractivity contribution >= 4 is 23.6 Å². The lowest BCUT2D eigenvalue weighted by Gasteiger charge is -2.16. The Morgan fingerprint density at radius 1 is 0.833 bits per heavy atom. The van der Waals surface area contributed by atoms with E-state index >= 15 is 0 Å². The smallest absolute Gasteiger partial charge is 0.269 e. The largest absolute Gasteiger partial charge is 0.289 e. The second-order valence-corrected chi connectivity index (χ2v) is 5.78. The third-order valence-electron chi connectivity index (χ3n) is 4.06. The van der Waals surface area contributed by atoms with Crippen LogP contribution in [0.3, 0.4) is 0 Å². The molecule has 0 heterocycles. The summed E-state index contributed by atoms with van der Waals surface area (Å²) in [5.74, 6) is 0.0726. The van der Waals surface area contributed by atoms with Gasteiger partial charge in [0.1, 0.15) is 0 Å². The van der Waals surface area contributed by atoms with Crippen LogP contribution in [0.25, 0.3) is 12.2 Å². The second kappa shape index (κ2) is 7.04. The molecule has 120 valence electrons. The normalized spacial score (nSPS) is 18.1. The first-order valence-electron chi connectivity index (χ1n) is 7.89. The maximum atomic E-state index is 12.7. The number of hydrogen-bond donors (Lipinski definition) is 0. The molecule has 1 saturated carbocycles. The number of non-ortho nitro benzene ring substituents is 1. The van der Waals surface area contributed by atoms with E-state index in [-0.39, 0.29) is 11.5 Å². The lowest BCUT2D eigenvalue weighted by molar-refractivity contribution is -0.384. The fraction of sp³-hybridized carbons (Fsp3) is 0.150. The van der Waals surface area contributed by atoms with Gasteiger partial charge in [0.2, 0.25) is 0 Å². The van der Waals surface area contributed by atoms with Gasteiger partial charge in [0.15, 0.2) is 5.78 Å². The van der Waals surface area contributed by atoms with Gasteiger partial charge < -0.3 is 0 Å². The molecule has 0 unspecified atom stereocenters. The fourth-order valence-corrected chi connectivity index (χ4v) is 2.82. The van der Waals surface area contributed by atoms with Crippen LogP contribution in [0.15, 0.2) is 65.7 Å². The van der Waals surface area contributed by atoms with E-state index in [9.17, 15) is 14.9 Å². The minimum Gasteiger partial charge on any atom is -0.289 e. The van der Waals surface area contributed by atoms with Crippen molar-refractivity contribution in [2.24, 2.45) is 0 Å². The number of carbonyl (C=O) groups excluding carboxylic acids is 1. The summed E-state index contributed by atoms with van der Waals surface area (Å²) < 4.78 is 0. The predicted octanol–water partition coefficient (Wildman–Crippen LogP) is 4.81. The molecule has 2 aromatic rings. The molecule has 4 heteroatoms. The predicted molar refractivity (Wildman–Crippen MR) is 94.4 cm³/mol. The van der Waals surface area contributed by atoms with Crippen molar-refractivity contribution in [3.05, 3.63) is 87.0 Å². The zero-order chi connectivity index (χ0) is 16.9. The first-order chi connectivity index (χ1) is 11.6. The summed E-state index contributed by atoms with van der Waals surface area (Å²) in [5, 5.41) is 10.7. The molecule has 2 aromatic carbocycles. The van der Waals surface area contributed by atoms with Gasteiger partial charge in [-0.05, 0) is 54.7 Å². The molecule has 0 amide bonds. The molecule has 0 saturated heterocycles. The fourth-order valence-electron chi connectivity index (χ4n) is 2.82. The summed E-state index contributed by atoms with van der Waals surface area (Å²) in [6.07, 6.45) is 6.24. The Bertz CT molecular complexity index is 818. The molecule has 0 spiro atoms. The van der Waals surface area contributed by atoms with Gasteiger partial charge in [-0.1, -0.05) is 30.3 Å². The van der Waals surface area contributed by atoms with Crippen LogP contribution in [-0.2, 0) is 4.79 Å². The van der Waals surface area contributed by atoms with Gasteiger partial charge in [-0.2, -0.15) is 0 Å². The zero-order valence-electron chi connectivity index (χ0n) is 13.1. The lowest BCUT2D eigenvalue weighted by atomic mass is 9.87. The van der Waals surface area contributed by atoms with Crippen molar-refractivity contribution in [2.45, 2.75) is 19.3 Å². The molecule has 4 nitrogen and oxygen atoms in total. The minimum absolute atomic E-state index is 0.0526. The number of carbonyl (C=O) groups is 1. The van der Waals surface area contributed by atoms with E-state index in [1.165, 1.54) is 12.1 Å². The number of nitro groups is 1. The van der Waals surface area contributed by atoms with Crippen LogP contribution in [0, 0.1) is 10.1 Å². The Morgan fingerprint density at radius 2 is 1.38 bits per heavy atom. The van der Waals surface area contributed by atoms with E-state index in [0.29, 0.717) is 0 Å². The van der Waals surface area contributed by atoms with Crippen LogP contribution in [-0.4, -0.2) is 10.7 Å². The van der Waals surface area contributed by atoms with Crippen LogP contribution in [0.5, 0.6) is 0 Å². The molecule has 0 atom stereocenters. The average Bonchev–Trinajstić information content (AvgIpc) is 2.60. The number of ketones is 1. The van der Waals surface area contributed by atoms with Gasteiger partial charge in [0.05, 0.1) is 4.92 Å². The number of benzene rings is 2. The monoisotopic (exact) mass is 319 g/mol. The second-order valence-electron chi connectivity index (χ2n) is 5.78. The molecule has 0 aromatic heterocycles. The summed E-state index contributed by atoms with van der Waals surface area (Å²) in [6.45, 7) is 0. The van der Waals surface area contributed by atoms with Crippen LogP contribution >= 0.6 is 0 Å². The third-order valence-corrected chi connectivity index (χ3v) is 4.06. The van der Waals surface area contributed by atoms with Crippen molar-refractivity contribution in [3.63, 3.8) is 0 Å². The van der Waals surface area contributed by atoms with Gasteiger partial charge in [-0.15, -0.1) is 0 Å². The Hall–Kier alpha value is -3.01. The average molecular weight is 319 g/mol. The highest BCUT2D eigenvalue weighted by Crippen LogP contribution is 2.28. The van der Waals surface area contributed by atoms with Crippen molar-refractivity contribution in [1.82, 2.24) is 0 Å². The summed E-state index contributed by atoms with van der Waals surface area (Å²) in [4.78, 5) is 22.9. The highest BCUT2D eigenvalue weighted by Gasteiger charge is 2.20. The molecular weight excluding hydrogens is 302 g/mol. The number of hydrogen-bond acceptors (Lipinski definition) is 3. The number of rotatable bonds is 3. The maximum absolute atomic E-state index is 12.7. The number of nitro benzene ring substituents is 1. The zero-order valence-corrected chi connectivity index (χ0v) is 13.1. The van der Waals surface area contributed by atoms with Gasteiger partial charge >= 0.3 is 0 Å². The van der Waals surface area contributed by atoms with Crippen molar-refractivity contribution in [3.8, 4) is 0 Å². The molecule has 0 radical (unpaired) electrons. The first kappa shape index (κ1) is 15.9. The van der Waals surface area contributed by atoms with E-state index in [0.717, 1.165) is 41.5 Å². The Kier molecular flexibility index (Phi) is 4.66. The van der Waals surface area contributed by atoms with Gasteiger partial charge in [0, 0.05) is 23.3 Å². The summed E-state index contributed by atoms with van der Waals surface area (Å²) >= 11 is 0. The van der Waals surface area contributed by atoms with Crippen LogP contribution in [0.4, 0.5) is 5.69 Å². The Morgan fingerprint density at radius 3 is 1.92 bits per heavy atom. The van der Waals surface area contributed by atoms with Crippen LogP contribution in [0.1, 0.15) is 30.4 Å². The van der Waals surface area contributed by atoms with Crippen LogP contribution < -0.4 is 0 Å². The number of allylic oxidation sites excluding steroid dienone is 2. The molecule has 0 aliphatic heterocycles. The van der Waals surface area contributed by atoms with E-state index in [4.69, 9.17) is 0 Å². The Labute approximate surface area is 140 Å². The Balaban J connectivity index is 1.84. The summed E-state index contributed by atoms with van der Waals surface area (Å²) in [5.41, 5.74) is 3.47. The van der Waals surface area contributed by atoms with E-state index < -0.39 is 4.92 Å². The van der Waals surface area contributed by atoms with E-state index in [2.05, 4.69) is 0 Å². The highest BCUT2D eigenvalue weighted by molar-refractivity contribution is 6.13. The molecule has 0 bridgehead atoms. The molecule has 1 aliphatic rings. The standard InChI is InChI=1S/C20H17NO3/c22-20-17(13-15-5-2-1-3-6-15)7-4-8-18(20)14-16-9-11-19(12-10-16)21(23)24/h1-3,5-6,9-14H,4,7-8H2/b17-13+,18-14-. The van der Waals surface area contributed by atoms with Crippen molar-refractivity contribution in [1.29, 1.82) is 0 Å². The summed E-state index contributed by atoms with van der Waals surface area (Å²) in [6, 6.07) is 16.1. The van der Waals surface area contributed by atoms with Gasteiger partial charge in [-0.3, -0.25) is 14.9 Å². The maximum Gasteiger partial charge on any atom is 0.269 e. The SMILES string of the molecule is O=C1/C(=C\c2ccc([N+](=O)[O-])cc2)CCC/C1=C\c1ccccc1. The molecule has 1 aliphatic carbocycles. The molecule has 3 rings (SSSR count). The molecule has 1 fully saturated rings. The van der Waals surface area contributed by atoms with Gasteiger partial charge in [-0.25, -0.2) is 0 Å². The quantitative estimate of drug-likeness (QED) is 0.463. The van der Waals surface area contributed by atoms with Crippen LogP contribution in [0.2, 0.25) is 0 Å². The topological polar surface area (TPSA) is 60.2 Å². The van der Waals surface area contributed by atoms with Gasteiger partial charge in [0.25, 0.3) is 5.69 Å². The molecule has 24 heavy (non-hydrogen) atoms.